The Labute approximate surface area is 109 Å². The molecule has 1 saturated heterocycles. The molecule has 1 rings (SSSR count). The van der Waals surface area contributed by atoms with Crippen molar-refractivity contribution in [1.29, 1.82) is 0 Å². The molecule has 5 nitrogen and oxygen atoms in total. The van der Waals surface area contributed by atoms with Gasteiger partial charge in [-0.05, 0) is 34.1 Å². The van der Waals surface area contributed by atoms with E-state index in [1.54, 1.807) is 18.7 Å². The highest BCUT2D eigenvalue weighted by atomic mass is 16.5. The van der Waals surface area contributed by atoms with E-state index in [1.807, 2.05) is 20.8 Å². The summed E-state index contributed by atoms with van der Waals surface area (Å²) in [5.74, 6) is -0.118. The largest absolute Gasteiger partial charge is 0.377 e. The molecular weight excluding hydrogens is 232 g/mol. The van der Waals surface area contributed by atoms with Gasteiger partial charge in [0, 0.05) is 6.54 Å². The van der Waals surface area contributed by atoms with Crippen LogP contribution in [0, 0.1) is 0 Å². The van der Waals surface area contributed by atoms with Crippen molar-refractivity contribution in [2.75, 3.05) is 13.2 Å². The summed E-state index contributed by atoms with van der Waals surface area (Å²) in [4.78, 5) is 25.9. The number of piperazine rings is 1. The molecule has 1 heterocycles. The van der Waals surface area contributed by atoms with E-state index in [1.165, 1.54) is 0 Å². The van der Waals surface area contributed by atoms with Crippen LogP contribution in [-0.4, -0.2) is 47.6 Å². The van der Waals surface area contributed by atoms with E-state index < -0.39 is 11.6 Å². The van der Waals surface area contributed by atoms with Gasteiger partial charge in [0.15, 0.2) is 0 Å². The summed E-state index contributed by atoms with van der Waals surface area (Å²) < 4.78 is 5.45. The molecule has 0 saturated carbocycles. The Bertz CT molecular complexity index is 330. The highest BCUT2D eigenvalue weighted by Crippen LogP contribution is 2.21. The number of amides is 2. The number of carbonyl (C=O) groups excluding carboxylic acids is 2. The molecule has 1 fully saturated rings. The summed E-state index contributed by atoms with van der Waals surface area (Å²) in [5.41, 5.74) is -0.776. The third-order valence-corrected chi connectivity index (χ3v) is 3.47. The van der Waals surface area contributed by atoms with Crippen LogP contribution in [0.25, 0.3) is 0 Å². The summed E-state index contributed by atoms with van der Waals surface area (Å²) >= 11 is 0. The first-order valence-corrected chi connectivity index (χ1v) is 6.56. The summed E-state index contributed by atoms with van der Waals surface area (Å²) in [5, 5.41) is 2.80. The average molecular weight is 256 g/mol. The number of hydrogen-bond donors (Lipinski definition) is 1. The minimum absolute atomic E-state index is 0.0237. The second-order valence-electron chi connectivity index (χ2n) is 5.27. The summed E-state index contributed by atoms with van der Waals surface area (Å²) in [6.45, 7) is 10.2. The van der Waals surface area contributed by atoms with Gasteiger partial charge in [0.2, 0.25) is 11.8 Å². The molecule has 0 radical (unpaired) electrons. The van der Waals surface area contributed by atoms with E-state index in [0.717, 1.165) is 0 Å². The lowest BCUT2D eigenvalue weighted by atomic mass is 9.92. The summed E-state index contributed by atoms with van der Waals surface area (Å²) in [7, 11) is 0. The molecule has 2 amide bonds. The Morgan fingerprint density at radius 1 is 1.44 bits per heavy atom. The third-order valence-electron chi connectivity index (χ3n) is 3.47. The third kappa shape index (κ3) is 3.02. The van der Waals surface area contributed by atoms with Crippen LogP contribution >= 0.6 is 0 Å². The molecule has 0 aromatic carbocycles. The molecule has 18 heavy (non-hydrogen) atoms. The van der Waals surface area contributed by atoms with Gasteiger partial charge in [0.05, 0.1) is 12.7 Å². The van der Waals surface area contributed by atoms with Gasteiger partial charge in [0.25, 0.3) is 0 Å². The van der Waals surface area contributed by atoms with Crippen molar-refractivity contribution >= 4 is 11.8 Å². The van der Waals surface area contributed by atoms with Gasteiger partial charge in [-0.3, -0.25) is 9.59 Å². The highest BCUT2D eigenvalue weighted by molar-refractivity contribution is 5.99. The van der Waals surface area contributed by atoms with E-state index in [-0.39, 0.29) is 17.9 Å². The molecule has 0 spiro atoms. The van der Waals surface area contributed by atoms with Crippen LogP contribution in [-0.2, 0) is 14.3 Å². The first-order valence-electron chi connectivity index (χ1n) is 6.56. The van der Waals surface area contributed by atoms with Crippen molar-refractivity contribution in [3.05, 3.63) is 0 Å². The predicted octanol–water partition coefficient (Wildman–Crippen LogP) is 0.927. The van der Waals surface area contributed by atoms with Crippen LogP contribution < -0.4 is 5.32 Å². The van der Waals surface area contributed by atoms with Gasteiger partial charge in [0.1, 0.15) is 11.6 Å². The van der Waals surface area contributed by atoms with Crippen molar-refractivity contribution in [2.45, 2.75) is 58.7 Å². The zero-order valence-corrected chi connectivity index (χ0v) is 11.9. The van der Waals surface area contributed by atoms with Gasteiger partial charge < -0.3 is 15.0 Å². The predicted molar refractivity (Wildman–Crippen MR) is 69.1 cm³/mol. The fourth-order valence-electron chi connectivity index (χ4n) is 1.99. The van der Waals surface area contributed by atoms with Crippen LogP contribution in [0.15, 0.2) is 0 Å². The van der Waals surface area contributed by atoms with Crippen LogP contribution in [0.4, 0.5) is 0 Å². The van der Waals surface area contributed by atoms with Crippen molar-refractivity contribution in [1.82, 2.24) is 10.2 Å². The second-order valence-corrected chi connectivity index (χ2v) is 5.27. The Morgan fingerprint density at radius 3 is 2.56 bits per heavy atom. The molecular formula is C13H24N2O3. The molecule has 1 aliphatic rings. The molecule has 0 aromatic rings. The number of ether oxygens (including phenoxy) is 1. The van der Waals surface area contributed by atoms with Crippen molar-refractivity contribution in [3.63, 3.8) is 0 Å². The first kappa shape index (κ1) is 15.0. The zero-order valence-electron chi connectivity index (χ0n) is 11.9. The van der Waals surface area contributed by atoms with Gasteiger partial charge in [-0.2, -0.15) is 0 Å². The molecule has 0 bridgehead atoms. The topological polar surface area (TPSA) is 58.6 Å². The van der Waals surface area contributed by atoms with E-state index >= 15 is 0 Å². The monoisotopic (exact) mass is 256 g/mol. The van der Waals surface area contributed by atoms with Crippen molar-refractivity contribution in [3.8, 4) is 0 Å². The highest BCUT2D eigenvalue weighted by Gasteiger charge is 2.44. The number of carbonyl (C=O) groups is 2. The number of nitrogens with one attached hydrogen (secondary N) is 1. The van der Waals surface area contributed by atoms with E-state index in [0.29, 0.717) is 19.6 Å². The van der Waals surface area contributed by atoms with Crippen LogP contribution in [0.2, 0.25) is 0 Å². The summed E-state index contributed by atoms with van der Waals surface area (Å²) in [6, 6.07) is -0.423. The zero-order chi connectivity index (χ0) is 13.9. The molecule has 2 atom stereocenters. The Morgan fingerprint density at radius 2 is 2.06 bits per heavy atom. The number of nitrogens with zero attached hydrogens (tertiary/aromatic N) is 1. The van der Waals surface area contributed by atoms with Crippen LogP contribution in [0.3, 0.4) is 0 Å². The average Bonchev–Trinajstić information content (AvgIpc) is 2.31. The van der Waals surface area contributed by atoms with Gasteiger partial charge in [-0.15, -0.1) is 0 Å². The molecule has 1 N–H and O–H groups in total. The Balaban J connectivity index is 2.73. The van der Waals surface area contributed by atoms with E-state index in [2.05, 4.69) is 5.32 Å². The molecule has 2 unspecified atom stereocenters. The summed E-state index contributed by atoms with van der Waals surface area (Å²) in [6.07, 6.45) is 0.720. The maximum atomic E-state index is 12.4. The molecule has 1 aliphatic heterocycles. The second kappa shape index (κ2) is 5.69. The fraction of sp³-hybridized carbons (Fsp3) is 0.846. The normalized spacial score (nSPS) is 28.8. The van der Waals surface area contributed by atoms with Gasteiger partial charge in [-0.1, -0.05) is 6.92 Å². The maximum Gasteiger partial charge on any atom is 0.248 e. The molecule has 0 aromatic heterocycles. The van der Waals surface area contributed by atoms with Crippen molar-refractivity contribution < 1.29 is 14.3 Å². The molecule has 104 valence electrons. The SMILES string of the molecule is CCC1(C)NC(=O)C(C)N(CCOC(C)C)C1=O. The Hall–Kier alpha value is -1.10. The quantitative estimate of drug-likeness (QED) is 0.796. The van der Waals surface area contributed by atoms with Gasteiger partial charge in [-0.25, -0.2) is 0 Å². The van der Waals surface area contributed by atoms with E-state index in [4.69, 9.17) is 4.74 Å². The van der Waals surface area contributed by atoms with Gasteiger partial charge >= 0.3 is 0 Å². The minimum atomic E-state index is -0.776. The number of rotatable bonds is 5. The lowest BCUT2D eigenvalue weighted by Gasteiger charge is -2.43. The van der Waals surface area contributed by atoms with Crippen molar-refractivity contribution in [2.24, 2.45) is 0 Å². The Kier molecular flexibility index (Phi) is 4.73. The smallest absolute Gasteiger partial charge is 0.248 e. The lowest BCUT2D eigenvalue weighted by Crippen LogP contribution is -2.68. The van der Waals surface area contributed by atoms with E-state index in [9.17, 15) is 9.59 Å². The maximum absolute atomic E-state index is 12.4. The molecule has 0 aliphatic carbocycles. The fourth-order valence-corrected chi connectivity index (χ4v) is 1.99. The van der Waals surface area contributed by atoms with Crippen LogP contribution in [0.1, 0.15) is 41.0 Å². The first-order chi connectivity index (χ1) is 8.31. The lowest BCUT2D eigenvalue weighted by molar-refractivity contribution is -0.154. The molecule has 5 heteroatoms. The minimum Gasteiger partial charge on any atom is -0.377 e. The van der Waals surface area contributed by atoms with Crippen LogP contribution in [0.5, 0.6) is 0 Å². The number of hydrogen-bond acceptors (Lipinski definition) is 3. The standard InChI is InChI=1S/C13H24N2O3/c1-6-13(5)12(17)15(7-8-18-9(2)3)10(4)11(16)14-13/h9-10H,6-8H2,1-5H3,(H,14,16).